The number of carbonyl (C=O) groups excluding carboxylic acids is 2. The molecule has 0 saturated carbocycles. The number of carbonyl (C=O) groups is 2. The van der Waals surface area contributed by atoms with Gasteiger partial charge in [-0.05, 0) is 40.1 Å². The zero-order valence-corrected chi connectivity index (χ0v) is 17.7. The Hall–Kier alpha value is -3.00. The Morgan fingerprint density at radius 1 is 0.935 bits per heavy atom. The van der Waals surface area contributed by atoms with Crippen LogP contribution in [0, 0.1) is 0 Å². The summed E-state index contributed by atoms with van der Waals surface area (Å²) in [5.74, 6) is -1.42. The van der Waals surface area contributed by atoms with Gasteiger partial charge in [0, 0.05) is 18.0 Å². The minimum atomic E-state index is -1.82. The predicted octanol–water partition coefficient (Wildman–Crippen LogP) is 2.22. The number of nitrogens with one attached hydrogen (secondary N) is 1. The van der Waals surface area contributed by atoms with Gasteiger partial charge in [-0.2, -0.15) is 0 Å². The molecule has 1 aromatic heterocycles. The fraction of sp³-hybridized carbons (Fsp3) is 0.250. The van der Waals surface area contributed by atoms with Crippen LogP contribution in [0.5, 0.6) is 0 Å². The highest BCUT2D eigenvalue weighted by molar-refractivity contribution is 7.10. The minimum absolute atomic E-state index is 0.228. The molecule has 3 aromatic rings. The number of hydrogen-bond donors (Lipinski definition) is 3. The molecule has 0 fully saturated rings. The molecule has 31 heavy (non-hydrogen) atoms. The van der Waals surface area contributed by atoms with E-state index in [1.165, 1.54) is 21.8 Å². The molecule has 2 atom stereocenters. The summed E-state index contributed by atoms with van der Waals surface area (Å²) in [6.45, 7) is 0.949. The van der Waals surface area contributed by atoms with Gasteiger partial charge in [0.05, 0.1) is 6.54 Å². The summed E-state index contributed by atoms with van der Waals surface area (Å²) >= 11 is 1.52. The standard InChI is InChI=1S/C24H24N2O4S/c27-21(22(28)24(30)26-13-18-8-4-5-9-19(18)14-26)23(29)25-12-20-11-17(15-31-20)10-16-6-2-1-3-7-16/h1-9,11,15,21-22,27-28H,10,12-14H2,(H,25,29)/t21-,22-/m1/s1. The smallest absolute Gasteiger partial charge is 0.255 e. The molecule has 0 unspecified atom stereocenters. The maximum atomic E-state index is 12.5. The second-order valence-electron chi connectivity index (χ2n) is 7.65. The fourth-order valence-corrected chi connectivity index (χ4v) is 4.51. The number of rotatable bonds is 7. The lowest BCUT2D eigenvalue weighted by Gasteiger charge is -2.22. The van der Waals surface area contributed by atoms with Gasteiger partial charge >= 0.3 is 0 Å². The lowest BCUT2D eigenvalue weighted by Crippen LogP contribution is -2.49. The van der Waals surface area contributed by atoms with E-state index in [2.05, 4.69) is 17.4 Å². The number of benzene rings is 2. The Kier molecular flexibility index (Phi) is 6.46. The molecule has 6 nitrogen and oxygen atoms in total. The highest BCUT2D eigenvalue weighted by Gasteiger charge is 2.35. The lowest BCUT2D eigenvalue weighted by atomic mass is 10.1. The molecule has 7 heteroatoms. The second-order valence-corrected chi connectivity index (χ2v) is 8.65. The van der Waals surface area contributed by atoms with Gasteiger partial charge in [-0.1, -0.05) is 54.6 Å². The van der Waals surface area contributed by atoms with Crippen LogP contribution in [0.1, 0.15) is 27.1 Å². The van der Waals surface area contributed by atoms with E-state index in [9.17, 15) is 19.8 Å². The molecule has 2 heterocycles. The molecule has 4 rings (SSSR count). The van der Waals surface area contributed by atoms with Crippen LogP contribution in [0.2, 0.25) is 0 Å². The van der Waals surface area contributed by atoms with Crippen LogP contribution in [0.15, 0.2) is 66.0 Å². The Labute approximate surface area is 184 Å². The first-order valence-electron chi connectivity index (χ1n) is 10.1. The van der Waals surface area contributed by atoms with Crippen molar-refractivity contribution >= 4 is 23.2 Å². The summed E-state index contributed by atoms with van der Waals surface area (Å²) in [6.07, 6.45) is -2.81. The van der Waals surface area contributed by atoms with Crippen LogP contribution in [-0.4, -0.2) is 39.1 Å². The molecular weight excluding hydrogens is 412 g/mol. The van der Waals surface area contributed by atoms with Crippen molar-refractivity contribution in [2.24, 2.45) is 0 Å². The summed E-state index contributed by atoms with van der Waals surface area (Å²) in [6, 6.07) is 19.7. The molecule has 2 amide bonds. The first-order valence-corrected chi connectivity index (χ1v) is 11.0. The largest absolute Gasteiger partial charge is 0.380 e. The molecule has 1 aliphatic rings. The molecule has 1 aliphatic heterocycles. The van der Waals surface area contributed by atoms with E-state index in [1.54, 1.807) is 0 Å². The molecule has 0 spiro atoms. The number of thiophene rings is 1. The van der Waals surface area contributed by atoms with E-state index in [1.807, 2.05) is 53.9 Å². The van der Waals surface area contributed by atoms with Crippen LogP contribution >= 0.6 is 11.3 Å². The number of hydrogen-bond acceptors (Lipinski definition) is 5. The zero-order chi connectivity index (χ0) is 21.8. The summed E-state index contributed by atoms with van der Waals surface area (Å²) < 4.78 is 0. The molecule has 160 valence electrons. The van der Waals surface area contributed by atoms with Crippen LogP contribution < -0.4 is 5.32 Å². The van der Waals surface area contributed by atoms with Gasteiger partial charge in [0.1, 0.15) is 0 Å². The van der Waals surface area contributed by atoms with Crippen molar-refractivity contribution in [3.05, 3.63) is 93.2 Å². The number of fused-ring (bicyclic) bond motifs is 1. The molecule has 0 aliphatic carbocycles. The topological polar surface area (TPSA) is 89.9 Å². The SMILES string of the molecule is O=C(NCc1cc(Cc2ccccc2)cs1)[C@H](O)[C@@H](O)C(=O)N1Cc2ccccc2C1. The lowest BCUT2D eigenvalue weighted by molar-refractivity contribution is -0.153. The molecule has 2 aromatic carbocycles. The Morgan fingerprint density at radius 2 is 1.58 bits per heavy atom. The average Bonchev–Trinajstić information content (AvgIpc) is 3.43. The third-order valence-corrected chi connectivity index (χ3v) is 6.35. The third-order valence-electron chi connectivity index (χ3n) is 5.37. The first kappa shape index (κ1) is 21.2. The van der Waals surface area contributed by atoms with Gasteiger partial charge in [0.2, 0.25) is 0 Å². The molecule has 0 radical (unpaired) electrons. The van der Waals surface area contributed by atoms with Crippen molar-refractivity contribution in [3.8, 4) is 0 Å². The van der Waals surface area contributed by atoms with E-state index in [-0.39, 0.29) is 6.54 Å². The van der Waals surface area contributed by atoms with Gasteiger partial charge in [0.25, 0.3) is 11.8 Å². The summed E-state index contributed by atoms with van der Waals surface area (Å²) in [5, 5.41) is 25.1. The van der Waals surface area contributed by atoms with Crippen molar-refractivity contribution in [2.75, 3.05) is 0 Å². The van der Waals surface area contributed by atoms with Crippen molar-refractivity contribution in [1.82, 2.24) is 10.2 Å². The molecule has 3 N–H and O–H groups in total. The van der Waals surface area contributed by atoms with Gasteiger partial charge in [0.15, 0.2) is 12.2 Å². The van der Waals surface area contributed by atoms with Gasteiger partial charge < -0.3 is 20.4 Å². The second kappa shape index (κ2) is 9.43. The van der Waals surface area contributed by atoms with E-state index < -0.39 is 24.0 Å². The van der Waals surface area contributed by atoms with Crippen LogP contribution in [0.4, 0.5) is 0 Å². The number of amides is 2. The van der Waals surface area contributed by atoms with Crippen molar-refractivity contribution in [2.45, 2.75) is 38.3 Å². The van der Waals surface area contributed by atoms with Crippen molar-refractivity contribution in [3.63, 3.8) is 0 Å². The third kappa shape index (κ3) is 5.02. The van der Waals surface area contributed by atoms with E-state index in [0.717, 1.165) is 28.0 Å². The van der Waals surface area contributed by atoms with Crippen molar-refractivity contribution in [1.29, 1.82) is 0 Å². The Bertz CT molecular complexity index is 1040. The zero-order valence-electron chi connectivity index (χ0n) is 16.9. The van der Waals surface area contributed by atoms with Crippen molar-refractivity contribution < 1.29 is 19.8 Å². The van der Waals surface area contributed by atoms with Gasteiger partial charge in [-0.25, -0.2) is 0 Å². The fourth-order valence-electron chi connectivity index (χ4n) is 3.68. The number of aliphatic hydroxyl groups excluding tert-OH is 2. The minimum Gasteiger partial charge on any atom is -0.380 e. The summed E-state index contributed by atoms with van der Waals surface area (Å²) in [5.41, 5.74) is 4.36. The highest BCUT2D eigenvalue weighted by atomic mass is 32.1. The van der Waals surface area contributed by atoms with Gasteiger partial charge in [-0.3, -0.25) is 9.59 Å². The summed E-state index contributed by atoms with van der Waals surface area (Å²) in [4.78, 5) is 27.2. The quantitative estimate of drug-likeness (QED) is 0.530. The molecular formula is C24H24N2O4S. The van der Waals surface area contributed by atoms with Crippen LogP contribution in [0.3, 0.4) is 0 Å². The van der Waals surface area contributed by atoms with Gasteiger partial charge in [-0.15, -0.1) is 11.3 Å². The molecule has 0 bridgehead atoms. The number of aliphatic hydroxyl groups is 2. The van der Waals surface area contributed by atoms with E-state index >= 15 is 0 Å². The maximum Gasteiger partial charge on any atom is 0.255 e. The molecule has 0 saturated heterocycles. The normalized spacial score (nSPS) is 14.7. The first-order chi connectivity index (χ1) is 15.0. The monoisotopic (exact) mass is 436 g/mol. The highest BCUT2D eigenvalue weighted by Crippen LogP contribution is 2.23. The van der Waals surface area contributed by atoms with Crippen LogP contribution in [-0.2, 0) is 35.6 Å². The average molecular weight is 437 g/mol. The Balaban J connectivity index is 1.28. The van der Waals surface area contributed by atoms with Crippen LogP contribution in [0.25, 0.3) is 0 Å². The Morgan fingerprint density at radius 3 is 2.26 bits per heavy atom. The predicted molar refractivity (Wildman–Crippen MR) is 118 cm³/mol. The van der Waals surface area contributed by atoms with E-state index in [0.29, 0.717) is 13.1 Å². The summed E-state index contributed by atoms with van der Waals surface area (Å²) in [7, 11) is 0. The van der Waals surface area contributed by atoms with E-state index in [4.69, 9.17) is 0 Å². The maximum absolute atomic E-state index is 12.5. The number of nitrogens with zero attached hydrogens (tertiary/aromatic N) is 1.